The minimum absolute atomic E-state index is 0.175. The fraction of sp³-hybridized carbons (Fsp3) is 0.500. The van der Waals surface area contributed by atoms with E-state index in [-0.39, 0.29) is 6.04 Å². The standard InChI is InChI=1S/C10H14N2/c1-7-5-6-12-10-8(7)3-2-4-9(10)11/h5-6,9H,2-4,11H2,1H3. The molecule has 12 heavy (non-hydrogen) atoms. The summed E-state index contributed by atoms with van der Waals surface area (Å²) >= 11 is 0. The zero-order chi connectivity index (χ0) is 8.55. The Morgan fingerprint density at radius 3 is 3.17 bits per heavy atom. The largest absolute Gasteiger partial charge is 0.323 e. The molecule has 1 aliphatic rings. The number of fused-ring (bicyclic) bond motifs is 1. The number of hydrogen-bond acceptors (Lipinski definition) is 2. The van der Waals surface area contributed by atoms with Crippen LogP contribution in [0.4, 0.5) is 0 Å². The van der Waals surface area contributed by atoms with Crippen LogP contribution in [0.1, 0.15) is 35.7 Å². The monoisotopic (exact) mass is 162 g/mol. The molecule has 0 aliphatic heterocycles. The van der Waals surface area contributed by atoms with Gasteiger partial charge in [0.25, 0.3) is 0 Å². The van der Waals surface area contributed by atoms with Gasteiger partial charge in [-0.1, -0.05) is 0 Å². The Bertz CT molecular complexity index is 294. The van der Waals surface area contributed by atoms with Crippen LogP contribution in [-0.4, -0.2) is 4.98 Å². The van der Waals surface area contributed by atoms with Crippen LogP contribution in [0.25, 0.3) is 0 Å². The fourth-order valence-corrected chi connectivity index (χ4v) is 1.89. The van der Waals surface area contributed by atoms with Gasteiger partial charge in [0.1, 0.15) is 0 Å². The lowest BCUT2D eigenvalue weighted by Gasteiger charge is -2.22. The molecule has 1 aromatic heterocycles. The average Bonchev–Trinajstić information content (AvgIpc) is 2.07. The molecule has 0 amide bonds. The van der Waals surface area contributed by atoms with Crippen LogP contribution in [0, 0.1) is 6.92 Å². The molecule has 2 rings (SSSR count). The summed E-state index contributed by atoms with van der Waals surface area (Å²) in [5.74, 6) is 0. The Hall–Kier alpha value is -0.890. The summed E-state index contributed by atoms with van der Waals surface area (Å²) in [6.07, 6.45) is 5.31. The van der Waals surface area contributed by atoms with Crippen molar-refractivity contribution in [2.75, 3.05) is 0 Å². The first-order chi connectivity index (χ1) is 5.79. The molecule has 0 saturated carbocycles. The van der Waals surface area contributed by atoms with Crippen molar-refractivity contribution in [1.29, 1.82) is 0 Å². The normalized spacial score (nSPS) is 22.0. The number of hydrogen-bond donors (Lipinski definition) is 1. The van der Waals surface area contributed by atoms with E-state index in [2.05, 4.69) is 18.0 Å². The molecule has 1 unspecified atom stereocenters. The molecule has 0 fully saturated rings. The van der Waals surface area contributed by atoms with Gasteiger partial charge in [0.05, 0.1) is 5.69 Å². The molecule has 1 aliphatic carbocycles. The van der Waals surface area contributed by atoms with Crippen molar-refractivity contribution < 1.29 is 0 Å². The number of rotatable bonds is 0. The van der Waals surface area contributed by atoms with Gasteiger partial charge in [-0.25, -0.2) is 0 Å². The predicted molar refractivity (Wildman–Crippen MR) is 48.8 cm³/mol. The molecule has 0 spiro atoms. The highest BCUT2D eigenvalue weighted by molar-refractivity contribution is 5.32. The molecule has 1 aromatic rings. The molecular weight excluding hydrogens is 148 g/mol. The van der Waals surface area contributed by atoms with Crippen molar-refractivity contribution >= 4 is 0 Å². The van der Waals surface area contributed by atoms with Gasteiger partial charge in [-0.05, 0) is 43.4 Å². The first kappa shape index (κ1) is 7.74. The Kier molecular flexibility index (Phi) is 1.85. The number of pyridine rings is 1. The number of nitrogens with two attached hydrogens (primary N) is 1. The van der Waals surface area contributed by atoms with Gasteiger partial charge < -0.3 is 5.73 Å². The van der Waals surface area contributed by atoms with Gasteiger partial charge in [0.2, 0.25) is 0 Å². The van der Waals surface area contributed by atoms with Crippen LogP contribution in [0.15, 0.2) is 12.3 Å². The Labute approximate surface area is 72.8 Å². The lowest BCUT2D eigenvalue weighted by atomic mass is 9.90. The second-order valence-corrected chi connectivity index (χ2v) is 3.49. The summed E-state index contributed by atoms with van der Waals surface area (Å²) in [5, 5.41) is 0. The Balaban J connectivity index is 2.52. The van der Waals surface area contributed by atoms with Crippen LogP contribution < -0.4 is 5.73 Å². The molecule has 2 heteroatoms. The lowest BCUT2D eigenvalue weighted by molar-refractivity contribution is 0.552. The zero-order valence-electron chi connectivity index (χ0n) is 7.38. The molecular formula is C10H14N2. The van der Waals surface area contributed by atoms with Crippen LogP contribution in [0.3, 0.4) is 0 Å². The van der Waals surface area contributed by atoms with Gasteiger partial charge in [-0.15, -0.1) is 0 Å². The first-order valence-corrected chi connectivity index (χ1v) is 4.49. The minimum atomic E-state index is 0.175. The van der Waals surface area contributed by atoms with Crippen LogP contribution in [-0.2, 0) is 6.42 Å². The zero-order valence-corrected chi connectivity index (χ0v) is 7.38. The minimum Gasteiger partial charge on any atom is -0.323 e. The Morgan fingerprint density at radius 2 is 2.42 bits per heavy atom. The van der Waals surface area contributed by atoms with Crippen molar-refractivity contribution in [2.45, 2.75) is 32.2 Å². The SMILES string of the molecule is Cc1ccnc2c1CCCC2N. The van der Waals surface area contributed by atoms with Crippen molar-refractivity contribution in [2.24, 2.45) is 5.73 Å². The Morgan fingerprint density at radius 1 is 1.58 bits per heavy atom. The molecule has 64 valence electrons. The van der Waals surface area contributed by atoms with E-state index in [1.54, 1.807) is 0 Å². The maximum absolute atomic E-state index is 5.95. The van der Waals surface area contributed by atoms with E-state index < -0.39 is 0 Å². The van der Waals surface area contributed by atoms with Crippen molar-refractivity contribution in [1.82, 2.24) is 4.98 Å². The van der Waals surface area contributed by atoms with Crippen LogP contribution >= 0.6 is 0 Å². The van der Waals surface area contributed by atoms with E-state index in [0.29, 0.717) is 0 Å². The quantitative estimate of drug-likeness (QED) is 0.631. The third kappa shape index (κ3) is 1.12. The molecule has 0 saturated heterocycles. The predicted octanol–water partition coefficient (Wildman–Crippen LogP) is 1.73. The molecule has 0 bridgehead atoms. The highest BCUT2D eigenvalue weighted by Gasteiger charge is 2.18. The van der Waals surface area contributed by atoms with Crippen LogP contribution in [0.5, 0.6) is 0 Å². The highest BCUT2D eigenvalue weighted by atomic mass is 14.8. The summed E-state index contributed by atoms with van der Waals surface area (Å²) in [4.78, 5) is 4.34. The second kappa shape index (κ2) is 2.87. The summed E-state index contributed by atoms with van der Waals surface area (Å²) in [6.45, 7) is 2.14. The molecule has 2 N–H and O–H groups in total. The van der Waals surface area contributed by atoms with Gasteiger partial charge >= 0.3 is 0 Å². The number of aromatic nitrogens is 1. The van der Waals surface area contributed by atoms with Gasteiger partial charge in [-0.3, -0.25) is 4.98 Å². The third-order valence-electron chi connectivity index (χ3n) is 2.62. The van der Waals surface area contributed by atoms with E-state index in [4.69, 9.17) is 5.73 Å². The molecule has 1 heterocycles. The smallest absolute Gasteiger partial charge is 0.0605 e. The molecule has 2 nitrogen and oxygen atoms in total. The van der Waals surface area contributed by atoms with E-state index in [9.17, 15) is 0 Å². The van der Waals surface area contributed by atoms with Gasteiger partial charge in [-0.2, -0.15) is 0 Å². The summed E-state index contributed by atoms with van der Waals surface area (Å²) < 4.78 is 0. The van der Waals surface area contributed by atoms with Crippen molar-refractivity contribution in [3.8, 4) is 0 Å². The molecule has 1 atom stereocenters. The van der Waals surface area contributed by atoms with E-state index >= 15 is 0 Å². The summed E-state index contributed by atoms with van der Waals surface area (Å²) in [7, 11) is 0. The fourth-order valence-electron chi connectivity index (χ4n) is 1.89. The van der Waals surface area contributed by atoms with E-state index in [0.717, 1.165) is 18.5 Å². The number of aryl methyl sites for hydroxylation is 1. The molecule has 0 aromatic carbocycles. The van der Waals surface area contributed by atoms with Gasteiger partial charge in [0.15, 0.2) is 0 Å². The first-order valence-electron chi connectivity index (χ1n) is 4.49. The third-order valence-corrected chi connectivity index (χ3v) is 2.62. The summed E-state index contributed by atoms with van der Waals surface area (Å²) in [6, 6.07) is 2.24. The van der Waals surface area contributed by atoms with E-state index in [1.165, 1.54) is 17.5 Å². The maximum Gasteiger partial charge on any atom is 0.0605 e. The summed E-state index contributed by atoms with van der Waals surface area (Å²) in [5.41, 5.74) is 9.81. The molecule has 0 radical (unpaired) electrons. The van der Waals surface area contributed by atoms with Crippen LogP contribution in [0.2, 0.25) is 0 Å². The van der Waals surface area contributed by atoms with Gasteiger partial charge in [0, 0.05) is 12.2 Å². The van der Waals surface area contributed by atoms with Crippen molar-refractivity contribution in [3.05, 3.63) is 29.1 Å². The number of nitrogens with zero attached hydrogens (tertiary/aromatic N) is 1. The lowest BCUT2D eigenvalue weighted by Crippen LogP contribution is -2.19. The highest BCUT2D eigenvalue weighted by Crippen LogP contribution is 2.27. The van der Waals surface area contributed by atoms with E-state index in [1.807, 2.05) is 6.20 Å². The second-order valence-electron chi connectivity index (χ2n) is 3.49. The topological polar surface area (TPSA) is 38.9 Å². The van der Waals surface area contributed by atoms with Crippen molar-refractivity contribution in [3.63, 3.8) is 0 Å². The average molecular weight is 162 g/mol. The maximum atomic E-state index is 5.95.